The zero-order valence-corrected chi connectivity index (χ0v) is 7.32. The van der Waals surface area contributed by atoms with Gasteiger partial charge in [0, 0.05) is 6.20 Å². The van der Waals surface area contributed by atoms with Gasteiger partial charge in [0.25, 0.3) is 0 Å². The molecule has 0 aliphatic rings. The molecule has 0 saturated heterocycles. The van der Waals surface area contributed by atoms with Gasteiger partial charge in [-0.15, -0.1) is 0 Å². The number of aromatic nitrogens is 3. The van der Waals surface area contributed by atoms with Crippen LogP contribution in [0, 0.1) is 11.8 Å². The highest BCUT2D eigenvalue weighted by molar-refractivity contribution is 5.70. The summed E-state index contributed by atoms with van der Waals surface area (Å²) in [6, 6.07) is 1.83. The third-order valence-corrected chi connectivity index (χ3v) is 1.66. The highest BCUT2D eigenvalue weighted by atomic mass is 16.1. The molecule has 2 aromatic heterocycles. The van der Waals surface area contributed by atoms with Crippen molar-refractivity contribution in [3.63, 3.8) is 0 Å². The third-order valence-electron chi connectivity index (χ3n) is 1.66. The lowest BCUT2D eigenvalue weighted by Gasteiger charge is -1.89. The standard InChI is InChI=1S/C10H7N3O/c14-6-2-1-3-8-7-12-10-9(13-8)4-5-11-10/h4-7H,2H2,(H,11,12). The van der Waals surface area contributed by atoms with Gasteiger partial charge in [-0.1, -0.05) is 5.92 Å². The highest BCUT2D eigenvalue weighted by Gasteiger charge is 1.96. The Hall–Kier alpha value is -2.15. The van der Waals surface area contributed by atoms with Crippen molar-refractivity contribution in [1.82, 2.24) is 15.0 Å². The molecule has 2 heterocycles. The van der Waals surface area contributed by atoms with Crippen LogP contribution >= 0.6 is 0 Å². The van der Waals surface area contributed by atoms with Gasteiger partial charge < -0.3 is 9.78 Å². The fraction of sp³-hybridized carbons (Fsp3) is 0.100. The number of carbonyl (C=O) groups is 1. The molecular formula is C10H7N3O. The fourth-order valence-electron chi connectivity index (χ4n) is 1.07. The van der Waals surface area contributed by atoms with Crippen LogP contribution in [0.2, 0.25) is 0 Å². The molecule has 4 nitrogen and oxygen atoms in total. The van der Waals surface area contributed by atoms with Gasteiger partial charge in [-0.2, -0.15) is 0 Å². The number of rotatable bonds is 1. The Balaban J connectivity index is 2.35. The first-order valence-corrected chi connectivity index (χ1v) is 4.13. The van der Waals surface area contributed by atoms with Crippen LogP contribution in [0.3, 0.4) is 0 Å². The predicted molar refractivity (Wildman–Crippen MR) is 51.4 cm³/mol. The van der Waals surface area contributed by atoms with Gasteiger partial charge in [-0.05, 0) is 12.0 Å². The summed E-state index contributed by atoms with van der Waals surface area (Å²) in [6.07, 6.45) is 4.34. The van der Waals surface area contributed by atoms with Crippen LogP contribution in [0.5, 0.6) is 0 Å². The Bertz CT molecular complexity index is 519. The molecule has 0 aromatic carbocycles. The van der Waals surface area contributed by atoms with Crippen LogP contribution in [0.25, 0.3) is 11.2 Å². The molecule has 2 aromatic rings. The van der Waals surface area contributed by atoms with Gasteiger partial charge in [0.2, 0.25) is 0 Å². The first kappa shape index (κ1) is 8.45. The van der Waals surface area contributed by atoms with Crippen molar-refractivity contribution >= 4 is 17.5 Å². The summed E-state index contributed by atoms with van der Waals surface area (Å²) in [4.78, 5) is 21.3. The second-order valence-electron chi connectivity index (χ2n) is 2.64. The quantitative estimate of drug-likeness (QED) is 0.530. The van der Waals surface area contributed by atoms with E-state index in [4.69, 9.17) is 0 Å². The molecule has 14 heavy (non-hydrogen) atoms. The fourth-order valence-corrected chi connectivity index (χ4v) is 1.07. The van der Waals surface area contributed by atoms with E-state index >= 15 is 0 Å². The Kier molecular flexibility index (Phi) is 2.24. The van der Waals surface area contributed by atoms with Crippen molar-refractivity contribution in [2.75, 3.05) is 0 Å². The highest BCUT2D eigenvalue weighted by Crippen LogP contribution is 2.05. The second kappa shape index (κ2) is 3.71. The molecule has 2 rings (SSSR count). The Morgan fingerprint density at radius 1 is 1.57 bits per heavy atom. The second-order valence-corrected chi connectivity index (χ2v) is 2.64. The molecule has 0 spiro atoms. The van der Waals surface area contributed by atoms with Crippen molar-refractivity contribution in [3.8, 4) is 11.8 Å². The normalized spacial score (nSPS) is 9.43. The van der Waals surface area contributed by atoms with Gasteiger partial charge in [0.05, 0.1) is 12.6 Å². The number of nitrogens with one attached hydrogen (secondary N) is 1. The molecule has 0 amide bonds. The van der Waals surface area contributed by atoms with Gasteiger partial charge in [-0.3, -0.25) is 0 Å². The molecule has 0 saturated carbocycles. The maximum atomic E-state index is 10.0. The van der Waals surface area contributed by atoms with Crippen LogP contribution in [-0.2, 0) is 4.79 Å². The summed E-state index contributed by atoms with van der Waals surface area (Å²) >= 11 is 0. The summed E-state index contributed by atoms with van der Waals surface area (Å²) in [5.74, 6) is 5.44. The third kappa shape index (κ3) is 1.62. The first-order chi connectivity index (χ1) is 6.90. The van der Waals surface area contributed by atoms with E-state index in [2.05, 4.69) is 26.8 Å². The maximum absolute atomic E-state index is 10.0. The van der Waals surface area contributed by atoms with Crippen LogP contribution in [-0.4, -0.2) is 21.2 Å². The van der Waals surface area contributed by atoms with E-state index in [1.807, 2.05) is 6.07 Å². The minimum atomic E-state index is 0.229. The Morgan fingerprint density at radius 2 is 2.50 bits per heavy atom. The van der Waals surface area contributed by atoms with Crippen molar-refractivity contribution in [2.45, 2.75) is 6.42 Å². The van der Waals surface area contributed by atoms with Crippen LogP contribution < -0.4 is 0 Å². The monoisotopic (exact) mass is 185 g/mol. The average molecular weight is 185 g/mol. The molecule has 68 valence electrons. The number of H-pyrrole nitrogens is 1. The summed E-state index contributed by atoms with van der Waals surface area (Å²) in [5.41, 5.74) is 2.10. The number of nitrogens with zero attached hydrogens (tertiary/aromatic N) is 2. The van der Waals surface area contributed by atoms with Gasteiger partial charge in [0.15, 0.2) is 5.65 Å². The van der Waals surface area contributed by atoms with Crippen LogP contribution in [0.1, 0.15) is 12.1 Å². The van der Waals surface area contributed by atoms with Gasteiger partial charge in [0.1, 0.15) is 17.5 Å². The molecule has 0 unspecified atom stereocenters. The average Bonchev–Trinajstić information content (AvgIpc) is 2.65. The zero-order valence-electron chi connectivity index (χ0n) is 7.32. The molecule has 0 atom stereocenters. The number of aldehydes is 1. The number of hydrogen-bond acceptors (Lipinski definition) is 3. The Morgan fingerprint density at radius 3 is 3.36 bits per heavy atom. The van der Waals surface area contributed by atoms with Gasteiger partial charge in [-0.25, -0.2) is 9.97 Å². The summed E-state index contributed by atoms with van der Waals surface area (Å²) in [7, 11) is 0. The lowest BCUT2D eigenvalue weighted by atomic mass is 10.4. The minimum Gasteiger partial charge on any atom is -0.345 e. The van der Waals surface area contributed by atoms with Gasteiger partial charge >= 0.3 is 0 Å². The number of hydrogen-bond donors (Lipinski definition) is 1. The molecule has 0 fully saturated rings. The smallest absolute Gasteiger partial charge is 0.156 e. The van der Waals surface area contributed by atoms with E-state index in [1.165, 1.54) is 0 Å². The van der Waals surface area contributed by atoms with E-state index in [9.17, 15) is 4.79 Å². The molecule has 0 aliphatic carbocycles. The lowest BCUT2D eigenvalue weighted by Crippen LogP contribution is -1.85. The van der Waals surface area contributed by atoms with Crippen LogP contribution in [0.15, 0.2) is 18.5 Å². The molecule has 0 radical (unpaired) electrons. The van der Waals surface area contributed by atoms with E-state index in [0.29, 0.717) is 5.69 Å². The lowest BCUT2D eigenvalue weighted by molar-refractivity contribution is -0.107. The number of fused-ring (bicyclic) bond motifs is 1. The topological polar surface area (TPSA) is 58.6 Å². The molecule has 1 N–H and O–H groups in total. The molecule has 4 heteroatoms. The van der Waals surface area contributed by atoms with E-state index in [1.54, 1.807) is 12.4 Å². The SMILES string of the molecule is O=CCC#Cc1cnc2[nH]ccc2n1. The van der Waals surface area contributed by atoms with Crippen molar-refractivity contribution in [1.29, 1.82) is 0 Å². The summed E-state index contributed by atoms with van der Waals surface area (Å²) < 4.78 is 0. The largest absolute Gasteiger partial charge is 0.345 e. The maximum Gasteiger partial charge on any atom is 0.156 e. The Labute approximate surface area is 80.4 Å². The molecule has 0 bridgehead atoms. The minimum absolute atomic E-state index is 0.229. The summed E-state index contributed by atoms with van der Waals surface area (Å²) in [6.45, 7) is 0. The number of aromatic amines is 1. The predicted octanol–water partition coefficient (Wildman–Crippen LogP) is 0.898. The van der Waals surface area contributed by atoms with E-state index < -0.39 is 0 Å². The zero-order chi connectivity index (χ0) is 9.80. The van der Waals surface area contributed by atoms with E-state index in [-0.39, 0.29) is 6.42 Å². The molecule has 0 aliphatic heterocycles. The van der Waals surface area contributed by atoms with Crippen molar-refractivity contribution in [3.05, 3.63) is 24.2 Å². The molecular weight excluding hydrogens is 178 g/mol. The van der Waals surface area contributed by atoms with Crippen molar-refractivity contribution in [2.24, 2.45) is 0 Å². The first-order valence-electron chi connectivity index (χ1n) is 4.13. The summed E-state index contributed by atoms with van der Waals surface area (Å²) in [5, 5.41) is 0. The van der Waals surface area contributed by atoms with Crippen LogP contribution in [0.4, 0.5) is 0 Å². The van der Waals surface area contributed by atoms with E-state index in [0.717, 1.165) is 17.5 Å². The number of carbonyl (C=O) groups excluding carboxylic acids is 1. The van der Waals surface area contributed by atoms with Crippen molar-refractivity contribution < 1.29 is 4.79 Å².